The molecule has 1 saturated carbocycles. The highest BCUT2D eigenvalue weighted by molar-refractivity contribution is 7.15. The minimum atomic E-state index is -0.653. The van der Waals surface area contributed by atoms with Crippen molar-refractivity contribution < 1.29 is 42.9 Å². The van der Waals surface area contributed by atoms with Gasteiger partial charge in [-0.2, -0.15) is 0 Å². The van der Waals surface area contributed by atoms with Crippen LogP contribution in [0.4, 0.5) is 11.4 Å². The monoisotopic (exact) mass is 880 g/mol. The lowest BCUT2D eigenvalue weighted by molar-refractivity contribution is -0.132. The van der Waals surface area contributed by atoms with Crippen molar-refractivity contribution in [3.05, 3.63) is 31.6 Å². The van der Waals surface area contributed by atoms with Crippen LogP contribution in [-0.4, -0.2) is 119 Å². The van der Waals surface area contributed by atoms with Crippen LogP contribution in [0.2, 0.25) is 0 Å². The molecule has 3 aliphatic rings. The summed E-state index contributed by atoms with van der Waals surface area (Å²) in [6.45, 7) is 17.6. The number of nitrogens with one attached hydrogen (secondary N) is 1. The summed E-state index contributed by atoms with van der Waals surface area (Å²) in [5.41, 5.74) is 0.696. The number of thiophene rings is 2. The molecule has 0 radical (unpaired) electrons. The van der Waals surface area contributed by atoms with Gasteiger partial charge >= 0.3 is 11.9 Å². The molecule has 5 rings (SSSR count). The van der Waals surface area contributed by atoms with Crippen molar-refractivity contribution in [3.63, 3.8) is 0 Å². The second-order valence-corrected chi connectivity index (χ2v) is 19.9. The molecule has 13 nitrogen and oxygen atoms in total. The van der Waals surface area contributed by atoms with Gasteiger partial charge in [-0.05, 0) is 98.1 Å². The molecule has 15 heteroatoms. The first kappa shape index (κ1) is 49.2. The lowest BCUT2D eigenvalue weighted by Crippen LogP contribution is -2.49. The number of amides is 3. The van der Waals surface area contributed by atoms with E-state index in [9.17, 15) is 24.0 Å². The van der Waals surface area contributed by atoms with Crippen LogP contribution < -0.4 is 10.2 Å². The summed E-state index contributed by atoms with van der Waals surface area (Å²) in [5.74, 6) is 11.9. The predicted octanol–water partition coefficient (Wildman–Crippen LogP) is 6.93. The molecule has 2 aromatic rings. The van der Waals surface area contributed by atoms with Gasteiger partial charge in [-0.25, -0.2) is 9.59 Å². The predicted molar refractivity (Wildman–Crippen MR) is 240 cm³/mol. The Morgan fingerprint density at radius 1 is 0.738 bits per heavy atom. The van der Waals surface area contributed by atoms with Gasteiger partial charge in [0.05, 0.1) is 48.6 Å². The van der Waals surface area contributed by atoms with Gasteiger partial charge in [0, 0.05) is 57.1 Å². The molecule has 0 spiro atoms. The Bertz CT molecular complexity index is 2000. The Morgan fingerprint density at radius 2 is 1.25 bits per heavy atom. The topological polar surface area (TPSA) is 144 Å². The number of likely N-dealkylation sites (tertiary alicyclic amines) is 2. The van der Waals surface area contributed by atoms with Crippen molar-refractivity contribution in [1.29, 1.82) is 0 Å². The van der Waals surface area contributed by atoms with Gasteiger partial charge in [0.15, 0.2) is 0 Å². The first-order valence-corrected chi connectivity index (χ1v) is 22.6. The highest BCUT2D eigenvalue weighted by atomic mass is 32.1. The Balaban J connectivity index is 0.000000281. The molecule has 61 heavy (non-hydrogen) atoms. The number of methoxy groups -OCH3 is 4. The summed E-state index contributed by atoms with van der Waals surface area (Å²) in [5, 5.41) is 3.21. The van der Waals surface area contributed by atoms with E-state index in [0.29, 0.717) is 84.2 Å². The van der Waals surface area contributed by atoms with Crippen LogP contribution in [0.25, 0.3) is 0 Å². The van der Waals surface area contributed by atoms with Crippen molar-refractivity contribution in [2.75, 3.05) is 78.0 Å². The molecular weight excluding hydrogens is 817 g/mol. The second kappa shape index (κ2) is 22.1. The molecule has 1 N–H and O–H groups in total. The van der Waals surface area contributed by atoms with E-state index >= 15 is 0 Å². The van der Waals surface area contributed by atoms with Gasteiger partial charge in [-0.3, -0.25) is 19.3 Å². The SMILES string of the molecule is COCCN1CC[C@H](N(C(=O)C2CCC(C)CC2)c2cc(C#CC(C)(C)C)sc2C(=O)OC)C1=O.COCCN1CC[C@H](Nc2cc(C#CC(C)(C)C)sc2C(=O)OC)C1=O. The third kappa shape index (κ3) is 13.8. The van der Waals surface area contributed by atoms with E-state index in [1.165, 1.54) is 36.9 Å². The van der Waals surface area contributed by atoms with Crippen molar-refractivity contribution >= 4 is 63.7 Å². The van der Waals surface area contributed by atoms with Crippen LogP contribution in [-0.2, 0) is 33.3 Å². The van der Waals surface area contributed by atoms with Gasteiger partial charge in [-0.1, -0.05) is 30.6 Å². The molecule has 0 aromatic carbocycles. The Kier molecular flexibility index (Phi) is 17.8. The Hall–Kier alpha value is -4.41. The summed E-state index contributed by atoms with van der Waals surface area (Å²) >= 11 is 2.49. The van der Waals surface area contributed by atoms with Crippen LogP contribution in [0.15, 0.2) is 12.1 Å². The fourth-order valence-electron chi connectivity index (χ4n) is 7.18. The smallest absolute Gasteiger partial charge is 0.350 e. The van der Waals surface area contributed by atoms with Gasteiger partial charge in [0.25, 0.3) is 0 Å². The van der Waals surface area contributed by atoms with Crippen LogP contribution in [0.5, 0.6) is 0 Å². The molecule has 334 valence electrons. The number of ether oxygens (including phenoxy) is 4. The number of hydrogen-bond donors (Lipinski definition) is 1. The number of carbonyl (C=O) groups is 5. The van der Waals surface area contributed by atoms with E-state index in [2.05, 4.69) is 35.9 Å². The lowest BCUT2D eigenvalue weighted by atomic mass is 9.82. The minimum Gasteiger partial charge on any atom is -0.465 e. The number of nitrogens with zero attached hydrogens (tertiary/aromatic N) is 3. The van der Waals surface area contributed by atoms with Crippen LogP contribution in [0.3, 0.4) is 0 Å². The van der Waals surface area contributed by atoms with Crippen LogP contribution >= 0.6 is 22.7 Å². The fraction of sp³-hybridized carbons (Fsp3) is 0.630. The number of hydrogen-bond acceptors (Lipinski definition) is 12. The van der Waals surface area contributed by atoms with E-state index in [-0.39, 0.29) is 40.5 Å². The quantitative estimate of drug-likeness (QED) is 0.166. The molecule has 2 aliphatic heterocycles. The van der Waals surface area contributed by atoms with Gasteiger partial charge < -0.3 is 34.1 Å². The number of carbonyl (C=O) groups excluding carboxylic acids is 5. The summed E-state index contributed by atoms with van der Waals surface area (Å²) in [7, 11) is 5.89. The molecule has 2 aromatic heterocycles. The van der Waals surface area contributed by atoms with Gasteiger partial charge in [-0.15, -0.1) is 22.7 Å². The molecule has 2 saturated heterocycles. The number of esters is 2. The maximum absolute atomic E-state index is 14.0. The molecule has 4 heterocycles. The zero-order chi connectivity index (χ0) is 45.1. The first-order valence-electron chi connectivity index (χ1n) is 21.0. The fourth-order valence-corrected chi connectivity index (χ4v) is 8.99. The molecule has 0 bridgehead atoms. The van der Waals surface area contributed by atoms with Crippen LogP contribution in [0.1, 0.15) is 116 Å². The first-order chi connectivity index (χ1) is 28.8. The number of anilines is 2. The maximum Gasteiger partial charge on any atom is 0.350 e. The average Bonchev–Trinajstić information content (AvgIpc) is 4.00. The Morgan fingerprint density at radius 3 is 1.79 bits per heavy atom. The molecule has 1 aliphatic carbocycles. The van der Waals surface area contributed by atoms with E-state index in [4.69, 9.17) is 18.9 Å². The summed E-state index contributed by atoms with van der Waals surface area (Å²) < 4.78 is 20.1. The van der Waals surface area contributed by atoms with Crippen molar-refractivity contribution in [2.24, 2.45) is 22.7 Å². The van der Waals surface area contributed by atoms with Crippen molar-refractivity contribution in [1.82, 2.24) is 9.80 Å². The van der Waals surface area contributed by atoms with E-state index < -0.39 is 18.0 Å². The number of rotatable bonds is 13. The second-order valence-electron chi connectivity index (χ2n) is 17.8. The lowest BCUT2D eigenvalue weighted by Gasteiger charge is -2.34. The van der Waals surface area contributed by atoms with E-state index in [0.717, 1.165) is 30.6 Å². The normalized spacial score (nSPS) is 20.2. The maximum atomic E-state index is 14.0. The third-order valence-electron chi connectivity index (χ3n) is 10.5. The highest BCUT2D eigenvalue weighted by Gasteiger charge is 2.43. The third-order valence-corrected chi connectivity index (χ3v) is 12.6. The molecule has 3 fully saturated rings. The Labute approximate surface area is 370 Å². The molecule has 0 unspecified atom stereocenters. The summed E-state index contributed by atoms with van der Waals surface area (Å²) in [6, 6.07) is 2.60. The van der Waals surface area contributed by atoms with Crippen molar-refractivity contribution in [3.8, 4) is 23.7 Å². The molecule has 3 amide bonds. The van der Waals surface area contributed by atoms with E-state index in [1.807, 2.05) is 47.6 Å². The standard InChI is InChI=1S/C27H38N2O5S.C19H26N2O4S/c1-18-7-9-19(10-8-18)24(30)29(21-12-14-28(25(21)31)15-16-33-5)22-17-20(11-13-27(2,3)4)35-23(22)26(32)34-6;1-19(2,3)8-6-13-12-15(16(26-13)18(23)25-5)20-14-7-9-21(17(14)22)10-11-24-4/h17-19,21H,7-10,12,14-16H2,1-6H3;12,14,20H,7,9-11H2,1-5H3/t18?,19?,21-;14-/m00/s1. The summed E-state index contributed by atoms with van der Waals surface area (Å²) in [4.78, 5) is 72.1. The van der Waals surface area contributed by atoms with Crippen LogP contribution in [0, 0.1) is 46.3 Å². The zero-order valence-electron chi connectivity index (χ0n) is 37.8. The molecular formula is C46H64N4O9S2. The zero-order valence-corrected chi connectivity index (χ0v) is 39.4. The minimum absolute atomic E-state index is 0.0198. The van der Waals surface area contributed by atoms with Crippen molar-refractivity contribution in [2.45, 2.75) is 99.1 Å². The van der Waals surface area contributed by atoms with E-state index in [1.54, 1.807) is 35.0 Å². The largest absolute Gasteiger partial charge is 0.465 e. The van der Waals surface area contributed by atoms with Gasteiger partial charge in [0.2, 0.25) is 17.7 Å². The van der Waals surface area contributed by atoms with Gasteiger partial charge in [0.1, 0.15) is 21.8 Å². The average molecular weight is 881 g/mol. The molecule has 2 atom stereocenters. The highest BCUT2D eigenvalue weighted by Crippen LogP contribution is 2.38. The summed E-state index contributed by atoms with van der Waals surface area (Å²) in [6.07, 6.45) is 4.74.